The van der Waals surface area contributed by atoms with E-state index in [-0.39, 0.29) is 5.91 Å². The first-order valence-corrected chi connectivity index (χ1v) is 5.62. The van der Waals surface area contributed by atoms with Gasteiger partial charge in [0.1, 0.15) is 12.1 Å². The SMILES string of the molecule is COC(=O)[C@H](C)NC(=O)[C@H](C)N(C)C(=O)[C@H](C)N. The van der Waals surface area contributed by atoms with Gasteiger partial charge in [-0.2, -0.15) is 0 Å². The molecule has 0 unspecified atom stereocenters. The number of carbonyl (C=O) groups is 3. The van der Waals surface area contributed by atoms with Crippen LogP contribution in [0.4, 0.5) is 0 Å². The minimum atomic E-state index is -0.760. The summed E-state index contributed by atoms with van der Waals surface area (Å²) in [6.07, 6.45) is 0. The van der Waals surface area contributed by atoms with E-state index in [0.717, 1.165) is 0 Å². The van der Waals surface area contributed by atoms with E-state index in [1.807, 2.05) is 0 Å². The van der Waals surface area contributed by atoms with Crippen LogP contribution in [0, 0.1) is 0 Å². The lowest BCUT2D eigenvalue weighted by Crippen LogP contribution is -2.52. The number of rotatable bonds is 5. The number of esters is 1. The minimum Gasteiger partial charge on any atom is -0.467 e. The molecule has 0 bridgehead atoms. The summed E-state index contributed by atoms with van der Waals surface area (Å²) in [4.78, 5) is 35.8. The van der Waals surface area contributed by atoms with Gasteiger partial charge in [-0.05, 0) is 20.8 Å². The number of hydrogen-bond donors (Lipinski definition) is 2. The van der Waals surface area contributed by atoms with Crippen LogP contribution >= 0.6 is 0 Å². The van der Waals surface area contributed by atoms with Crippen LogP contribution in [0.15, 0.2) is 0 Å². The predicted octanol–water partition coefficient (Wildman–Crippen LogP) is -1.14. The Kier molecular flexibility index (Phi) is 6.32. The standard InChI is InChI=1S/C11H21N3O4/c1-6(12)10(16)14(4)8(3)9(15)13-7(2)11(17)18-5/h6-8H,12H2,1-5H3,(H,13,15)/t6-,7-,8-/m0/s1. The second-order valence-corrected chi connectivity index (χ2v) is 4.17. The molecule has 3 N–H and O–H groups in total. The average Bonchev–Trinajstić information content (AvgIpc) is 2.34. The number of nitrogens with zero attached hydrogens (tertiary/aromatic N) is 1. The molecule has 0 heterocycles. The summed E-state index contributed by atoms with van der Waals surface area (Å²) in [7, 11) is 2.72. The summed E-state index contributed by atoms with van der Waals surface area (Å²) >= 11 is 0. The van der Waals surface area contributed by atoms with E-state index < -0.39 is 30.0 Å². The lowest BCUT2D eigenvalue weighted by Gasteiger charge is -2.26. The van der Waals surface area contributed by atoms with Crippen molar-refractivity contribution in [3.05, 3.63) is 0 Å². The molecule has 0 saturated carbocycles. The van der Waals surface area contributed by atoms with Crippen LogP contribution < -0.4 is 11.1 Å². The molecule has 0 fully saturated rings. The zero-order valence-corrected chi connectivity index (χ0v) is 11.4. The molecule has 0 spiro atoms. The maximum absolute atomic E-state index is 11.8. The number of nitrogens with two attached hydrogens (primary N) is 1. The summed E-state index contributed by atoms with van der Waals surface area (Å²) < 4.78 is 4.48. The maximum atomic E-state index is 11.8. The van der Waals surface area contributed by atoms with E-state index in [0.29, 0.717) is 0 Å². The van der Waals surface area contributed by atoms with Gasteiger partial charge in [0.2, 0.25) is 11.8 Å². The Labute approximate surface area is 107 Å². The van der Waals surface area contributed by atoms with Gasteiger partial charge in [0.25, 0.3) is 0 Å². The third kappa shape index (κ3) is 4.33. The molecule has 3 atom stereocenters. The first-order chi connectivity index (χ1) is 8.22. The second-order valence-electron chi connectivity index (χ2n) is 4.17. The van der Waals surface area contributed by atoms with Crippen LogP contribution in [0.25, 0.3) is 0 Å². The van der Waals surface area contributed by atoms with Crippen LogP contribution in [0.3, 0.4) is 0 Å². The van der Waals surface area contributed by atoms with Gasteiger partial charge in [-0.25, -0.2) is 4.79 Å². The normalized spacial score (nSPS) is 15.2. The van der Waals surface area contributed by atoms with E-state index in [2.05, 4.69) is 10.1 Å². The summed E-state index contributed by atoms with van der Waals surface area (Å²) in [6.45, 7) is 4.60. The molecule has 0 radical (unpaired) electrons. The zero-order valence-electron chi connectivity index (χ0n) is 11.4. The van der Waals surface area contributed by atoms with Gasteiger partial charge in [-0.3, -0.25) is 9.59 Å². The van der Waals surface area contributed by atoms with Crippen LogP contribution in [-0.4, -0.2) is 55.0 Å². The molecule has 0 aromatic rings. The Morgan fingerprint density at radius 3 is 2.11 bits per heavy atom. The Balaban J connectivity index is 4.52. The number of methoxy groups -OCH3 is 1. The Hall–Kier alpha value is -1.63. The van der Waals surface area contributed by atoms with Crippen LogP contribution in [0.2, 0.25) is 0 Å². The van der Waals surface area contributed by atoms with Crippen molar-refractivity contribution < 1.29 is 19.1 Å². The van der Waals surface area contributed by atoms with Gasteiger partial charge >= 0.3 is 5.97 Å². The Bertz CT molecular complexity index is 330. The molecular weight excluding hydrogens is 238 g/mol. The smallest absolute Gasteiger partial charge is 0.328 e. The first kappa shape index (κ1) is 16.4. The van der Waals surface area contributed by atoms with Crippen molar-refractivity contribution in [2.24, 2.45) is 5.73 Å². The highest BCUT2D eigenvalue weighted by Crippen LogP contribution is 2.00. The van der Waals surface area contributed by atoms with Crippen molar-refractivity contribution >= 4 is 17.8 Å². The van der Waals surface area contributed by atoms with Gasteiger partial charge in [-0.15, -0.1) is 0 Å². The van der Waals surface area contributed by atoms with Gasteiger partial charge in [0, 0.05) is 7.05 Å². The van der Waals surface area contributed by atoms with Crippen molar-refractivity contribution in [3.8, 4) is 0 Å². The average molecular weight is 259 g/mol. The Morgan fingerprint density at radius 1 is 1.22 bits per heavy atom. The molecule has 0 saturated heterocycles. The number of carbonyl (C=O) groups excluding carboxylic acids is 3. The number of amides is 2. The summed E-state index contributed by atoms with van der Waals surface area (Å²) in [5.74, 6) is -1.33. The number of likely N-dealkylation sites (N-methyl/N-ethyl adjacent to an activating group) is 1. The predicted molar refractivity (Wildman–Crippen MR) is 65.5 cm³/mol. The van der Waals surface area contributed by atoms with E-state index >= 15 is 0 Å². The summed E-state index contributed by atoms with van der Waals surface area (Å²) in [5.41, 5.74) is 5.45. The molecule has 2 amide bonds. The summed E-state index contributed by atoms with van der Waals surface area (Å²) in [5, 5.41) is 2.46. The fourth-order valence-electron chi connectivity index (χ4n) is 1.26. The van der Waals surface area contributed by atoms with Gasteiger partial charge in [0.15, 0.2) is 0 Å². The summed E-state index contributed by atoms with van der Waals surface area (Å²) in [6, 6.07) is -2.15. The van der Waals surface area contributed by atoms with Gasteiger partial charge in [0.05, 0.1) is 13.2 Å². The van der Waals surface area contributed by atoms with Crippen molar-refractivity contribution in [3.63, 3.8) is 0 Å². The molecule has 7 nitrogen and oxygen atoms in total. The molecule has 0 aromatic carbocycles. The lowest BCUT2D eigenvalue weighted by molar-refractivity contribution is -0.146. The van der Waals surface area contributed by atoms with Gasteiger partial charge in [-0.1, -0.05) is 0 Å². The molecule has 0 aliphatic rings. The largest absolute Gasteiger partial charge is 0.467 e. The van der Waals surface area contributed by atoms with Crippen LogP contribution in [-0.2, 0) is 19.1 Å². The van der Waals surface area contributed by atoms with E-state index in [1.165, 1.54) is 26.0 Å². The lowest BCUT2D eigenvalue weighted by atomic mass is 10.2. The zero-order chi connectivity index (χ0) is 14.5. The molecule has 0 aromatic heterocycles. The van der Waals surface area contributed by atoms with Crippen molar-refractivity contribution in [2.45, 2.75) is 38.9 Å². The molecule has 0 aliphatic heterocycles. The molecule has 0 rings (SSSR count). The van der Waals surface area contributed by atoms with Crippen LogP contribution in [0.5, 0.6) is 0 Å². The van der Waals surface area contributed by atoms with E-state index in [9.17, 15) is 14.4 Å². The second kappa shape index (κ2) is 6.95. The highest BCUT2D eigenvalue weighted by molar-refractivity contribution is 5.91. The topological polar surface area (TPSA) is 102 Å². The number of nitrogens with one attached hydrogen (secondary N) is 1. The minimum absolute atomic E-state index is 0.344. The van der Waals surface area contributed by atoms with Crippen molar-refractivity contribution in [2.75, 3.05) is 14.2 Å². The fraction of sp³-hybridized carbons (Fsp3) is 0.727. The Morgan fingerprint density at radius 2 is 1.72 bits per heavy atom. The number of ether oxygens (including phenoxy) is 1. The fourth-order valence-corrected chi connectivity index (χ4v) is 1.26. The monoisotopic (exact) mass is 259 g/mol. The maximum Gasteiger partial charge on any atom is 0.328 e. The highest BCUT2D eigenvalue weighted by atomic mass is 16.5. The highest BCUT2D eigenvalue weighted by Gasteiger charge is 2.26. The molecule has 0 aliphatic carbocycles. The number of hydrogen-bond acceptors (Lipinski definition) is 5. The quantitative estimate of drug-likeness (QED) is 0.608. The third-order valence-corrected chi connectivity index (χ3v) is 2.61. The molecule has 104 valence electrons. The molecule has 7 heteroatoms. The van der Waals surface area contributed by atoms with Crippen LogP contribution in [0.1, 0.15) is 20.8 Å². The first-order valence-electron chi connectivity index (χ1n) is 5.62. The van der Waals surface area contributed by atoms with Crippen molar-refractivity contribution in [1.29, 1.82) is 0 Å². The van der Waals surface area contributed by atoms with Crippen molar-refractivity contribution in [1.82, 2.24) is 10.2 Å². The van der Waals surface area contributed by atoms with E-state index in [1.54, 1.807) is 13.8 Å². The third-order valence-electron chi connectivity index (χ3n) is 2.61. The molecule has 18 heavy (non-hydrogen) atoms. The van der Waals surface area contributed by atoms with Gasteiger partial charge < -0.3 is 20.7 Å². The van der Waals surface area contributed by atoms with E-state index in [4.69, 9.17) is 5.73 Å². The molecular formula is C11H21N3O4.